The van der Waals surface area contributed by atoms with Crippen LogP contribution in [0.4, 0.5) is 0 Å². The number of aromatic hydroxyl groups is 1. The van der Waals surface area contributed by atoms with Gasteiger partial charge in [-0.3, -0.25) is 9.48 Å². The van der Waals surface area contributed by atoms with Crippen molar-refractivity contribution >= 4 is 17.9 Å². The molecule has 2 rings (SSSR count). The lowest BCUT2D eigenvalue weighted by Gasteiger charge is -2.04. The van der Waals surface area contributed by atoms with E-state index in [1.165, 1.54) is 4.68 Å². The predicted molar refractivity (Wildman–Crippen MR) is 60.7 cm³/mol. The number of phenols is 1. The summed E-state index contributed by atoms with van der Waals surface area (Å²) in [4.78, 5) is 10.7. The highest BCUT2D eigenvalue weighted by Crippen LogP contribution is 2.34. The molecule has 16 heavy (non-hydrogen) atoms. The number of hydrogen-bond acceptors (Lipinski definition) is 3. The summed E-state index contributed by atoms with van der Waals surface area (Å²) in [6, 6.07) is 6.76. The monoisotopic (exact) mass is 236 g/mol. The molecule has 1 aromatic carbocycles. The third-order valence-corrected chi connectivity index (χ3v) is 2.66. The van der Waals surface area contributed by atoms with Crippen LogP contribution in [0.15, 0.2) is 24.3 Å². The normalized spacial score (nSPS) is 10.4. The van der Waals surface area contributed by atoms with Crippen LogP contribution in [0.5, 0.6) is 5.75 Å². The molecule has 0 aliphatic rings. The lowest BCUT2D eigenvalue weighted by molar-refractivity contribution is 0.111. The number of para-hydroxylation sites is 1. The number of nitrogens with zero attached hydrogens (tertiary/aromatic N) is 2. The maximum atomic E-state index is 10.7. The summed E-state index contributed by atoms with van der Waals surface area (Å²) in [7, 11) is 1.67. The van der Waals surface area contributed by atoms with Crippen molar-refractivity contribution in [2.24, 2.45) is 7.05 Å². The van der Waals surface area contributed by atoms with Crippen LogP contribution in [0.2, 0.25) is 5.02 Å². The third-order valence-electron chi connectivity index (χ3n) is 2.28. The minimum atomic E-state index is 0.102. The van der Waals surface area contributed by atoms with E-state index in [4.69, 9.17) is 11.6 Å². The Balaban J connectivity index is 2.69. The van der Waals surface area contributed by atoms with Crippen molar-refractivity contribution in [2.75, 3.05) is 0 Å². The number of phenolic OH excluding ortho intramolecular Hbond substituents is 1. The number of aromatic nitrogens is 2. The summed E-state index contributed by atoms with van der Waals surface area (Å²) < 4.78 is 1.47. The van der Waals surface area contributed by atoms with E-state index < -0.39 is 0 Å². The standard InChI is InChI=1S/C11H9ClN2O2/c1-14-11(10(12)8(6-15)13-14)7-4-2-3-5-9(7)16/h2-6,16H,1H3. The summed E-state index contributed by atoms with van der Waals surface area (Å²) >= 11 is 6.01. The van der Waals surface area contributed by atoms with E-state index in [2.05, 4.69) is 5.10 Å². The smallest absolute Gasteiger partial charge is 0.171 e. The molecule has 0 bridgehead atoms. The van der Waals surface area contributed by atoms with Crippen LogP contribution < -0.4 is 0 Å². The summed E-state index contributed by atoms with van der Waals surface area (Å²) in [6.45, 7) is 0. The Labute approximate surface area is 97.1 Å². The zero-order chi connectivity index (χ0) is 11.7. The minimum absolute atomic E-state index is 0.102. The highest BCUT2D eigenvalue weighted by Gasteiger charge is 2.17. The van der Waals surface area contributed by atoms with Gasteiger partial charge in [-0.15, -0.1) is 0 Å². The first-order chi connectivity index (χ1) is 7.65. The van der Waals surface area contributed by atoms with Gasteiger partial charge in [0.15, 0.2) is 6.29 Å². The molecule has 0 aliphatic heterocycles. The number of benzene rings is 1. The fourth-order valence-electron chi connectivity index (χ4n) is 1.56. The van der Waals surface area contributed by atoms with Crippen molar-refractivity contribution in [2.45, 2.75) is 0 Å². The van der Waals surface area contributed by atoms with Crippen LogP contribution in [0.3, 0.4) is 0 Å². The van der Waals surface area contributed by atoms with Crippen LogP contribution in [-0.4, -0.2) is 21.2 Å². The SMILES string of the molecule is Cn1nc(C=O)c(Cl)c1-c1ccccc1O. The summed E-state index contributed by atoms with van der Waals surface area (Å²) in [6.07, 6.45) is 0.589. The minimum Gasteiger partial charge on any atom is -0.507 e. The van der Waals surface area contributed by atoms with Crippen molar-refractivity contribution in [3.05, 3.63) is 35.0 Å². The molecule has 4 nitrogen and oxygen atoms in total. The van der Waals surface area contributed by atoms with Gasteiger partial charge >= 0.3 is 0 Å². The molecule has 0 radical (unpaired) electrons. The van der Waals surface area contributed by atoms with Gasteiger partial charge in [0, 0.05) is 12.6 Å². The highest BCUT2D eigenvalue weighted by atomic mass is 35.5. The number of carbonyl (C=O) groups excluding carboxylic acids is 1. The van der Waals surface area contributed by atoms with E-state index in [0.29, 0.717) is 17.5 Å². The zero-order valence-electron chi connectivity index (χ0n) is 8.51. The molecule has 0 spiro atoms. The molecule has 0 aliphatic carbocycles. The Morgan fingerprint density at radius 2 is 2.12 bits per heavy atom. The van der Waals surface area contributed by atoms with Gasteiger partial charge in [-0.05, 0) is 12.1 Å². The molecular formula is C11H9ClN2O2. The average molecular weight is 237 g/mol. The van der Waals surface area contributed by atoms with Crippen LogP contribution in [0.1, 0.15) is 10.5 Å². The lowest BCUT2D eigenvalue weighted by atomic mass is 10.1. The maximum absolute atomic E-state index is 10.7. The van der Waals surface area contributed by atoms with Crippen molar-refractivity contribution in [3.63, 3.8) is 0 Å². The van der Waals surface area contributed by atoms with E-state index in [9.17, 15) is 9.90 Å². The molecule has 1 aromatic heterocycles. The molecule has 0 saturated carbocycles. The molecule has 0 amide bonds. The molecule has 0 atom stereocenters. The first-order valence-corrected chi connectivity index (χ1v) is 4.99. The van der Waals surface area contributed by atoms with Gasteiger partial charge in [-0.2, -0.15) is 5.10 Å². The van der Waals surface area contributed by atoms with Crippen molar-refractivity contribution in [1.29, 1.82) is 0 Å². The van der Waals surface area contributed by atoms with Crippen LogP contribution >= 0.6 is 11.6 Å². The van der Waals surface area contributed by atoms with Gasteiger partial charge in [0.25, 0.3) is 0 Å². The van der Waals surface area contributed by atoms with Gasteiger partial charge in [0.1, 0.15) is 11.4 Å². The second kappa shape index (κ2) is 3.98. The Morgan fingerprint density at radius 3 is 2.69 bits per heavy atom. The van der Waals surface area contributed by atoms with E-state index in [-0.39, 0.29) is 16.5 Å². The first kappa shape index (κ1) is 10.7. The highest BCUT2D eigenvalue weighted by molar-refractivity contribution is 6.35. The predicted octanol–water partition coefficient (Wildman–Crippen LogP) is 2.26. The molecule has 0 unspecified atom stereocenters. The molecular weight excluding hydrogens is 228 g/mol. The van der Waals surface area contributed by atoms with E-state index >= 15 is 0 Å². The van der Waals surface area contributed by atoms with Crippen molar-refractivity contribution in [3.8, 4) is 17.0 Å². The lowest BCUT2D eigenvalue weighted by Crippen LogP contribution is -1.94. The Hall–Kier alpha value is -1.81. The van der Waals surface area contributed by atoms with Crippen molar-refractivity contribution < 1.29 is 9.90 Å². The number of carbonyl (C=O) groups is 1. The third kappa shape index (κ3) is 1.57. The Bertz CT molecular complexity index is 549. The summed E-state index contributed by atoms with van der Waals surface area (Å²) in [5.74, 6) is 0.102. The van der Waals surface area contributed by atoms with E-state index in [1.807, 2.05) is 0 Å². The number of aldehydes is 1. The summed E-state index contributed by atoms with van der Waals surface area (Å²) in [5, 5.41) is 13.9. The summed E-state index contributed by atoms with van der Waals surface area (Å²) in [5.41, 5.74) is 1.25. The molecule has 2 aromatic rings. The first-order valence-electron chi connectivity index (χ1n) is 4.61. The number of hydrogen-bond donors (Lipinski definition) is 1. The zero-order valence-corrected chi connectivity index (χ0v) is 9.27. The van der Waals surface area contributed by atoms with E-state index in [1.54, 1.807) is 31.3 Å². The fourth-order valence-corrected chi connectivity index (χ4v) is 1.87. The Kier molecular flexibility index (Phi) is 2.66. The molecule has 0 saturated heterocycles. The van der Waals surface area contributed by atoms with Crippen molar-refractivity contribution in [1.82, 2.24) is 9.78 Å². The molecule has 0 fully saturated rings. The fraction of sp³-hybridized carbons (Fsp3) is 0.0909. The maximum Gasteiger partial charge on any atom is 0.171 e. The average Bonchev–Trinajstić information content (AvgIpc) is 2.55. The molecule has 5 heteroatoms. The number of halogens is 1. The largest absolute Gasteiger partial charge is 0.507 e. The topological polar surface area (TPSA) is 55.1 Å². The van der Waals surface area contributed by atoms with Gasteiger partial charge in [0.2, 0.25) is 0 Å². The number of aryl methyl sites for hydroxylation is 1. The molecule has 1 heterocycles. The Morgan fingerprint density at radius 1 is 1.44 bits per heavy atom. The van der Waals surface area contributed by atoms with Crippen LogP contribution in [-0.2, 0) is 7.05 Å². The van der Waals surface area contributed by atoms with Gasteiger partial charge in [0.05, 0.1) is 10.7 Å². The molecule has 1 N–H and O–H groups in total. The van der Waals surface area contributed by atoms with Crippen LogP contribution in [0.25, 0.3) is 11.3 Å². The second-order valence-corrected chi connectivity index (χ2v) is 3.68. The van der Waals surface area contributed by atoms with Gasteiger partial charge < -0.3 is 5.11 Å². The quantitative estimate of drug-likeness (QED) is 0.814. The van der Waals surface area contributed by atoms with Gasteiger partial charge in [-0.1, -0.05) is 23.7 Å². The van der Waals surface area contributed by atoms with E-state index in [0.717, 1.165) is 0 Å². The second-order valence-electron chi connectivity index (χ2n) is 3.31. The van der Waals surface area contributed by atoms with Crippen LogP contribution in [0, 0.1) is 0 Å². The number of rotatable bonds is 2. The molecule has 82 valence electrons. The van der Waals surface area contributed by atoms with Gasteiger partial charge in [-0.25, -0.2) is 0 Å².